The van der Waals surface area contributed by atoms with Crippen molar-refractivity contribution in [2.24, 2.45) is 5.73 Å². The number of aromatic amines is 1. The van der Waals surface area contributed by atoms with Crippen molar-refractivity contribution >= 4 is 28.4 Å². The van der Waals surface area contributed by atoms with E-state index in [-0.39, 0.29) is 5.69 Å². The fraction of sp³-hybridized carbons (Fsp3) is 0.125. The highest BCUT2D eigenvalue weighted by atomic mass is 35.5. The van der Waals surface area contributed by atoms with Gasteiger partial charge in [0.2, 0.25) is 0 Å². The first-order valence-corrected chi connectivity index (χ1v) is 7.39. The number of rotatable bonds is 2. The fourth-order valence-electron chi connectivity index (χ4n) is 2.84. The topological polar surface area (TPSA) is 93.9 Å². The highest BCUT2D eigenvalue weighted by molar-refractivity contribution is 6.34. The average Bonchev–Trinajstić information content (AvgIpc) is 2.94. The Balaban J connectivity index is 1.92. The Morgan fingerprint density at radius 3 is 3.09 bits per heavy atom. The van der Waals surface area contributed by atoms with Gasteiger partial charge in [0, 0.05) is 23.6 Å². The van der Waals surface area contributed by atoms with Crippen molar-refractivity contribution in [3.63, 3.8) is 0 Å². The number of hydrogen-bond donors (Lipinski definition) is 2. The summed E-state index contributed by atoms with van der Waals surface area (Å²) >= 11 is 6.01. The van der Waals surface area contributed by atoms with Gasteiger partial charge in [-0.2, -0.15) is 5.10 Å². The van der Waals surface area contributed by atoms with Crippen molar-refractivity contribution in [3.8, 4) is 11.1 Å². The zero-order chi connectivity index (χ0) is 16.0. The normalized spacial score (nSPS) is 14.0. The summed E-state index contributed by atoms with van der Waals surface area (Å²) < 4.78 is 5.51. The molecule has 0 fully saturated rings. The molecule has 1 amide bonds. The Kier molecular flexibility index (Phi) is 3.28. The number of nitrogens with one attached hydrogen (secondary N) is 1. The third-order valence-corrected chi connectivity index (χ3v) is 4.23. The van der Waals surface area contributed by atoms with Crippen LogP contribution in [0.25, 0.3) is 22.0 Å². The highest BCUT2D eigenvalue weighted by Gasteiger charge is 2.22. The molecule has 1 aliphatic rings. The Bertz CT molecular complexity index is 935. The van der Waals surface area contributed by atoms with Crippen LogP contribution in [0.5, 0.6) is 0 Å². The SMILES string of the molecule is NC(=O)c1ncc(-c2ccc3c(Cl)n[nH]c3c2)c2c1[CH]COC2. The van der Waals surface area contributed by atoms with Gasteiger partial charge in [-0.15, -0.1) is 0 Å². The maximum atomic E-state index is 11.6. The summed E-state index contributed by atoms with van der Waals surface area (Å²) in [7, 11) is 0. The van der Waals surface area contributed by atoms with Gasteiger partial charge in [0.25, 0.3) is 5.91 Å². The number of halogens is 1. The standard InChI is InChI=1S/C16H12ClN4O2/c17-15-10-2-1-8(5-13(10)20-21-15)11-6-19-14(16(18)22)9-3-4-23-7-12(9)11/h1-3,5-6H,4,7H2,(H2,18,22)(H,20,21). The van der Waals surface area contributed by atoms with E-state index in [1.54, 1.807) is 6.20 Å². The van der Waals surface area contributed by atoms with Gasteiger partial charge in [-0.3, -0.25) is 14.9 Å². The van der Waals surface area contributed by atoms with E-state index in [2.05, 4.69) is 15.2 Å². The van der Waals surface area contributed by atoms with Crippen LogP contribution in [0.4, 0.5) is 0 Å². The summed E-state index contributed by atoms with van der Waals surface area (Å²) in [5.41, 5.74) is 10.0. The van der Waals surface area contributed by atoms with Crippen LogP contribution in [0.3, 0.4) is 0 Å². The Hall–Kier alpha value is -2.44. The molecule has 0 spiro atoms. The quantitative estimate of drug-likeness (QED) is 0.756. The van der Waals surface area contributed by atoms with Crippen molar-refractivity contribution in [2.75, 3.05) is 6.61 Å². The molecule has 0 aliphatic carbocycles. The molecule has 3 heterocycles. The number of hydrogen-bond acceptors (Lipinski definition) is 4. The molecule has 115 valence electrons. The van der Waals surface area contributed by atoms with E-state index in [0.29, 0.717) is 18.4 Å². The number of ether oxygens (including phenoxy) is 1. The molecule has 0 unspecified atom stereocenters. The third-order valence-electron chi connectivity index (χ3n) is 3.94. The number of fused-ring (bicyclic) bond motifs is 2. The van der Waals surface area contributed by atoms with Gasteiger partial charge in [-0.25, -0.2) is 0 Å². The van der Waals surface area contributed by atoms with Gasteiger partial charge in [-0.1, -0.05) is 17.7 Å². The molecular formula is C16H12ClN4O2. The fourth-order valence-corrected chi connectivity index (χ4v) is 3.05. The predicted octanol–water partition coefficient (Wildman–Crippen LogP) is 2.46. The Labute approximate surface area is 136 Å². The summed E-state index contributed by atoms with van der Waals surface area (Å²) in [6.07, 6.45) is 3.49. The number of benzene rings is 1. The van der Waals surface area contributed by atoms with E-state index in [9.17, 15) is 4.79 Å². The van der Waals surface area contributed by atoms with Crippen LogP contribution in [-0.4, -0.2) is 27.7 Å². The first kappa shape index (κ1) is 14.2. The molecule has 23 heavy (non-hydrogen) atoms. The number of nitrogens with two attached hydrogens (primary N) is 1. The summed E-state index contributed by atoms with van der Waals surface area (Å²) in [4.78, 5) is 15.8. The number of pyridine rings is 1. The van der Waals surface area contributed by atoms with Gasteiger partial charge >= 0.3 is 0 Å². The number of H-pyrrole nitrogens is 1. The number of carbonyl (C=O) groups excluding carboxylic acids is 1. The molecule has 6 nitrogen and oxygen atoms in total. The lowest BCUT2D eigenvalue weighted by atomic mass is 9.93. The number of amides is 1. The summed E-state index contributed by atoms with van der Waals surface area (Å²) in [6.45, 7) is 0.847. The largest absolute Gasteiger partial charge is 0.376 e. The molecule has 3 aromatic rings. The minimum atomic E-state index is -0.540. The van der Waals surface area contributed by atoms with E-state index in [1.807, 2.05) is 24.6 Å². The maximum Gasteiger partial charge on any atom is 0.267 e. The molecule has 3 N–H and O–H groups in total. The summed E-state index contributed by atoms with van der Waals surface area (Å²) in [5.74, 6) is -0.540. The zero-order valence-electron chi connectivity index (χ0n) is 12.0. The van der Waals surface area contributed by atoms with Gasteiger partial charge in [-0.05, 0) is 28.8 Å². The molecule has 7 heteroatoms. The van der Waals surface area contributed by atoms with Crippen LogP contribution in [0.2, 0.25) is 5.15 Å². The number of carbonyl (C=O) groups is 1. The van der Waals surface area contributed by atoms with Crippen LogP contribution >= 0.6 is 11.6 Å². The summed E-state index contributed by atoms with van der Waals surface area (Å²) in [6, 6.07) is 5.79. The second-order valence-corrected chi connectivity index (χ2v) is 5.63. The van der Waals surface area contributed by atoms with Gasteiger partial charge in [0.15, 0.2) is 5.15 Å². The van der Waals surface area contributed by atoms with Gasteiger partial charge < -0.3 is 10.5 Å². The van der Waals surface area contributed by atoms with Crippen molar-refractivity contribution in [1.29, 1.82) is 0 Å². The van der Waals surface area contributed by atoms with E-state index in [4.69, 9.17) is 22.1 Å². The number of aromatic nitrogens is 3. The molecule has 1 aliphatic heterocycles. The minimum Gasteiger partial charge on any atom is -0.376 e. The molecule has 4 rings (SSSR count). The molecule has 0 atom stereocenters. The molecular weight excluding hydrogens is 316 g/mol. The third kappa shape index (κ3) is 2.27. The monoisotopic (exact) mass is 327 g/mol. The molecule has 0 bridgehead atoms. The highest BCUT2D eigenvalue weighted by Crippen LogP contribution is 2.33. The van der Waals surface area contributed by atoms with Crippen molar-refractivity contribution in [3.05, 3.63) is 52.8 Å². The molecule has 0 saturated carbocycles. The van der Waals surface area contributed by atoms with E-state index in [1.165, 1.54) is 0 Å². The van der Waals surface area contributed by atoms with Crippen molar-refractivity contribution in [1.82, 2.24) is 15.2 Å². The van der Waals surface area contributed by atoms with Crippen LogP contribution in [-0.2, 0) is 11.3 Å². The van der Waals surface area contributed by atoms with Crippen LogP contribution in [0.1, 0.15) is 21.6 Å². The Morgan fingerprint density at radius 1 is 1.39 bits per heavy atom. The lowest BCUT2D eigenvalue weighted by Crippen LogP contribution is -2.21. The smallest absolute Gasteiger partial charge is 0.267 e. The van der Waals surface area contributed by atoms with E-state index < -0.39 is 5.91 Å². The predicted molar refractivity (Wildman–Crippen MR) is 85.9 cm³/mol. The van der Waals surface area contributed by atoms with Crippen LogP contribution in [0.15, 0.2) is 24.4 Å². The van der Waals surface area contributed by atoms with E-state index >= 15 is 0 Å². The van der Waals surface area contributed by atoms with Gasteiger partial charge in [0.05, 0.1) is 18.7 Å². The number of nitrogens with zero attached hydrogens (tertiary/aromatic N) is 2. The van der Waals surface area contributed by atoms with Crippen molar-refractivity contribution in [2.45, 2.75) is 6.61 Å². The van der Waals surface area contributed by atoms with Gasteiger partial charge in [0.1, 0.15) is 5.69 Å². The lowest BCUT2D eigenvalue weighted by Gasteiger charge is -2.21. The van der Waals surface area contributed by atoms with Crippen LogP contribution in [0, 0.1) is 6.42 Å². The molecule has 0 saturated heterocycles. The Morgan fingerprint density at radius 2 is 2.26 bits per heavy atom. The van der Waals surface area contributed by atoms with Crippen molar-refractivity contribution < 1.29 is 9.53 Å². The van der Waals surface area contributed by atoms with E-state index in [0.717, 1.165) is 33.2 Å². The zero-order valence-corrected chi connectivity index (χ0v) is 12.7. The average molecular weight is 328 g/mol. The second kappa shape index (κ2) is 5.33. The van der Waals surface area contributed by atoms with Crippen LogP contribution < -0.4 is 5.73 Å². The molecule has 1 aromatic carbocycles. The molecule has 2 aromatic heterocycles. The second-order valence-electron chi connectivity index (χ2n) is 5.27. The molecule has 1 radical (unpaired) electrons. The summed E-state index contributed by atoms with van der Waals surface area (Å²) in [5, 5.41) is 8.17. The minimum absolute atomic E-state index is 0.276. The number of primary amides is 1. The maximum absolute atomic E-state index is 11.6. The lowest BCUT2D eigenvalue weighted by molar-refractivity contribution is 0.0991. The first-order chi connectivity index (χ1) is 11.1. The first-order valence-electron chi connectivity index (χ1n) is 7.02.